The van der Waals surface area contributed by atoms with Gasteiger partial charge in [-0.05, 0) is 65.1 Å². The van der Waals surface area contributed by atoms with Gasteiger partial charge in [0.05, 0.1) is 12.3 Å². The third kappa shape index (κ3) is 4.33. The van der Waals surface area contributed by atoms with E-state index in [1.807, 2.05) is 6.07 Å². The molecule has 1 aliphatic heterocycles. The number of rotatable bonds is 6. The Hall–Kier alpha value is -0.840. The predicted molar refractivity (Wildman–Crippen MR) is 82.9 cm³/mol. The Bertz CT molecular complexity index is 364. The normalized spacial score (nSPS) is 22.9. The smallest absolute Gasteiger partial charge is 0.122 e. The first kappa shape index (κ1) is 15.5. The fraction of sp³-hybridized carbons (Fsp3) is 0.750. The van der Waals surface area contributed by atoms with Crippen molar-refractivity contribution in [2.45, 2.75) is 38.3 Å². The zero-order valence-electron chi connectivity index (χ0n) is 13.1. The summed E-state index contributed by atoms with van der Waals surface area (Å²) < 4.78 is 5.57. The average molecular weight is 279 g/mol. The van der Waals surface area contributed by atoms with Gasteiger partial charge in [-0.15, -0.1) is 0 Å². The second kappa shape index (κ2) is 7.81. The van der Waals surface area contributed by atoms with Gasteiger partial charge in [-0.2, -0.15) is 0 Å². The minimum absolute atomic E-state index is 0.315. The van der Waals surface area contributed by atoms with Crippen molar-refractivity contribution in [1.82, 2.24) is 15.1 Å². The number of nitrogens with zero attached hydrogens (tertiary/aromatic N) is 2. The van der Waals surface area contributed by atoms with Crippen molar-refractivity contribution in [2.75, 3.05) is 40.3 Å². The SMILES string of the molecule is CCN1CCCC(NCC(c2ccco2)N(C)C)CC1. The zero-order valence-corrected chi connectivity index (χ0v) is 13.1. The van der Waals surface area contributed by atoms with Gasteiger partial charge in [0.15, 0.2) is 0 Å². The van der Waals surface area contributed by atoms with Crippen molar-refractivity contribution in [3.05, 3.63) is 24.2 Å². The lowest BCUT2D eigenvalue weighted by molar-refractivity contribution is 0.239. The molecule has 1 aliphatic rings. The Morgan fingerprint density at radius 2 is 2.25 bits per heavy atom. The van der Waals surface area contributed by atoms with E-state index in [9.17, 15) is 0 Å². The number of likely N-dealkylation sites (N-methyl/N-ethyl adjacent to an activating group) is 1. The van der Waals surface area contributed by atoms with Crippen LogP contribution in [0.15, 0.2) is 22.8 Å². The van der Waals surface area contributed by atoms with E-state index in [1.54, 1.807) is 6.26 Å². The van der Waals surface area contributed by atoms with E-state index in [0.29, 0.717) is 12.1 Å². The van der Waals surface area contributed by atoms with Crippen molar-refractivity contribution in [3.8, 4) is 0 Å². The summed E-state index contributed by atoms with van der Waals surface area (Å²) in [6.07, 6.45) is 5.61. The Balaban J connectivity index is 1.83. The molecule has 0 saturated carbocycles. The molecule has 0 bridgehead atoms. The lowest BCUT2D eigenvalue weighted by atomic mass is 10.1. The summed E-state index contributed by atoms with van der Waals surface area (Å²) in [4.78, 5) is 4.78. The number of hydrogen-bond acceptors (Lipinski definition) is 4. The van der Waals surface area contributed by atoms with Crippen molar-refractivity contribution in [3.63, 3.8) is 0 Å². The second-order valence-electron chi connectivity index (χ2n) is 5.97. The second-order valence-corrected chi connectivity index (χ2v) is 5.97. The monoisotopic (exact) mass is 279 g/mol. The van der Waals surface area contributed by atoms with E-state index < -0.39 is 0 Å². The van der Waals surface area contributed by atoms with E-state index in [0.717, 1.165) is 12.3 Å². The Morgan fingerprint density at radius 3 is 2.90 bits per heavy atom. The molecule has 4 heteroatoms. The standard InChI is InChI=1S/C16H29N3O/c1-4-19-10-5-7-14(9-11-19)17-13-15(18(2)3)16-8-6-12-20-16/h6,8,12,14-15,17H,4-5,7,9-11,13H2,1-3H3. The molecule has 0 radical (unpaired) electrons. The van der Waals surface area contributed by atoms with Crippen LogP contribution in [0.5, 0.6) is 0 Å². The highest BCUT2D eigenvalue weighted by atomic mass is 16.3. The van der Waals surface area contributed by atoms with Crippen molar-refractivity contribution in [2.24, 2.45) is 0 Å². The molecule has 1 saturated heterocycles. The fourth-order valence-corrected chi connectivity index (χ4v) is 2.97. The predicted octanol–water partition coefficient (Wildman–Crippen LogP) is 2.35. The van der Waals surface area contributed by atoms with E-state index in [-0.39, 0.29) is 0 Å². The minimum Gasteiger partial charge on any atom is -0.468 e. The molecule has 114 valence electrons. The van der Waals surface area contributed by atoms with Crippen LogP contribution >= 0.6 is 0 Å². The molecule has 1 N–H and O–H groups in total. The molecular weight excluding hydrogens is 250 g/mol. The largest absolute Gasteiger partial charge is 0.468 e. The highest BCUT2D eigenvalue weighted by Gasteiger charge is 2.20. The number of nitrogens with one attached hydrogen (secondary N) is 1. The van der Waals surface area contributed by atoms with E-state index in [2.05, 4.69) is 42.2 Å². The summed E-state index contributed by atoms with van der Waals surface area (Å²) in [6.45, 7) is 6.87. The third-order valence-corrected chi connectivity index (χ3v) is 4.36. The summed E-state index contributed by atoms with van der Waals surface area (Å²) in [5.41, 5.74) is 0. The van der Waals surface area contributed by atoms with Gasteiger partial charge >= 0.3 is 0 Å². The molecule has 1 aromatic rings. The van der Waals surface area contributed by atoms with Gasteiger partial charge in [0.25, 0.3) is 0 Å². The summed E-state index contributed by atoms with van der Waals surface area (Å²) in [6, 6.07) is 4.99. The molecule has 2 heterocycles. The van der Waals surface area contributed by atoms with E-state index in [4.69, 9.17) is 4.42 Å². The number of likely N-dealkylation sites (tertiary alicyclic amines) is 1. The van der Waals surface area contributed by atoms with Gasteiger partial charge in [0.1, 0.15) is 5.76 Å². The van der Waals surface area contributed by atoms with Crippen LogP contribution in [0.1, 0.15) is 38.0 Å². The van der Waals surface area contributed by atoms with Crippen LogP contribution in [0.4, 0.5) is 0 Å². The van der Waals surface area contributed by atoms with Gasteiger partial charge in [0, 0.05) is 12.6 Å². The maximum Gasteiger partial charge on any atom is 0.122 e. The first-order valence-electron chi connectivity index (χ1n) is 7.86. The maximum atomic E-state index is 5.57. The molecule has 0 spiro atoms. The lowest BCUT2D eigenvalue weighted by Crippen LogP contribution is -2.37. The minimum atomic E-state index is 0.315. The van der Waals surface area contributed by atoms with Gasteiger partial charge in [0.2, 0.25) is 0 Å². The Kier molecular flexibility index (Phi) is 6.07. The van der Waals surface area contributed by atoms with E-state index in [1.165, 1.54) is 38.9 Å². The van der Waals surface area contributed by atoms with Crippen LogP contribution in [0.3, 0.4) is 0 Å². The summed E-state index contributed by atoms with van der Waals surface area (Å²) in [7, 11) is 4.22. The fourth-order valence-electron chi connectivity index (χ4n) is 2.97. The van der Waals surface area contributed by atoms with Crippen LogP contribution in [0.25, 0.3) is 0 Å². The van der Waals surface area contributed by atoms with Crippen LogP contribution in [0.2, 0.25) is 0 Å². The van der Waals surface area contributed by atoms with E-state index >= 15 is 0 Å². The number of furan rings is 1. The molecule has 0 aromatic carbocycles. The Morgan fingerprint density at radius 1 is 1.40 bits per heavy atom. The molecule has 2 unspecified atom stereocenters. The molecule has 2 rings (SSSR count). The van der Waals surface area contributed by atoms with Crippen LogP contribution < -0.4 is 5.32 Å². The summed E-state index contributed by atoms with van der Waals surface area (Å²) in [5, 5.41) is 3.75. The van der Waals surface area contributed by atoms with Crippen molar-refractivity contribution >= 4 is 0 Å². The molecule has 1 fully saturated rings. The van der Waals surface area contributed by atoms with Crippen molar-refractivity contribution < 1.29 is 4.42 Å². The molecule has 1 aromatic heterocycles. The molecule has 0 aliphatic carbocycles. The first-order chi connectivity index (χ1) is 9.70. The van der Waals surface area contributed by atoms with Gasteiger partial charge in [-0.3, -0.25) is 4.90 Å². The lowest BCUT2D eigenvalue weighted by Gasteiger charge is -2.25. The third-order valence-electron chi connectivity index (χ3n) is 4.36. The summed E-state index contributed by atoms with van der Waals surface area (Å²) >= 11 is 0. The molecule has 20 heavy (non-hydrogen) atoms. The summed E-state index contributed by atoms with van der Waals surface area (Å²) in [5.74, 6) is 1.05. The Labute approximate surface area is 123 Å². The van der Waals surface area contributed by atoms with Crippen molar-refractivity contribution in [1.29, 1.82) is 0 Å². The number of hydrogen-bond donors (Lipinski definition) is 1. The van der Waals surface area contributed by atoms with Crippen LogP contribution in [-0.2, 0) is 0 Å². The van der Waals surface area contributed by atoms with Crippen LogP contribution in [0, 0.1) is 0 Å². The van der Waals surface area contributed by atoms with Gasteiger partial charge < -0.3 is 14.6 Å². The molecule has 0 amide bonds. The molecule has 4 nitrogen and oxygen atoms in total. The molecule has 2 atom stereocenters. The highest BCUT2D eigenvalue weighted by molar-refractivity contribution is 5.05. The highest BCUT2D eigenvalue weighted by Crippen LogP contribution is 2.19. The zero-order chi connectivity index (χ0) is 14.4. The quantitative estimate of drug-likeness (QED) is 0.866. The first-order valence-corrected chi connectivity index (χ1v) is 7.86. The van der Waals surface area contributed by atoms with Gasteiger partial charge in [-0.25, -0.2) is 0 Å². The maximum absolute atomic E-state index is 5.57. The molecular formula is C16H29N3O. The topological polar surface area (TPSA) is 31.6 Å². The van der Waals surface area contributed by atoms with Crippen LogP contribution in [-0.4, -0.2) is 56.1 Å². The average Bonchev–Trinajstić information content (AvgIpc) is 2.85. The van der Waals surface area contributed by atoms with Gasteiger partial charge in [-0.1, -0.05) is 6.92 Å².